The smallest absolute Gasteiger partial charge is 0.203 e. The van der Waals surface area contributed by atoms with Gasteiger partial charge in [-0.2, -0.15) is 0 Å². The number of hydrogen-bond donors (Lipinski definition) is 1. The molecule has 0 saturated carbocycles. The Bertz CT molecular complexity index is 662. The Morgan fingerprint density at radius 3 is 2.20 bits per heavy atom. The van der Waals surface area contributed by atoms with E-state index in [9.17, 15) is 0 Å². The van der Waals surface area contributed by atoms with Crippen LogP contribution in [0.15, 0.2) is 36.4 Å². The van der Waals surface area contributed by atoms with Crippen molar-refractivity contribution < 1.29 is 18.9 Å². The maximum Gasteiger partial charge on any atom is 0.203 e. The highest BCUT2D eigenvalue weighted by Gasteiger charge is 2.14. The van der Waals surface area contributed by atoms with Crippen LogP contribution in [0.4, 0.5) is 0 Å². The monoisotopic (exact) mass is 345 g/mol. The molecule has 0 aliphatic heterocycles. The molecule has 0 spiro atoms. The molecule has 1 N–H and O–H groups in total. The van der Waals surface area contributed by atoms with Crippen LogP contribution in [0.5, 0.6) is 23.0 Å². The zero-order chi connectivity index (χ0) is 18.2. The third-order valence-electron chi connectivity index (χ3n) is 4.01. The molecule has 25 heavy (non-hydrogen) atoms. The summed E-state index contributed by atoms with van der Waals surface area (Å²) in [4.78, 5) is 0. The lowest BCUT2D eigenvalue weighted by Gasteiger charge is -2.17. The molecule has 2 aromatic carbocycles. The van der Waals surface area contributed by atoms with Gasteiger partial charge in [0.2, 0.25) is 5.75 Å². The van der Waals surface area contributed by atoms with Crippen molar-refractivity contribution in [2.45, 2.75) is 26.4 Å². The number of rotatable bonds is 9. The first-order chi connectivity index (χ1) is 12.1. The lowest BCUT2D eigenvalue weighted by atomic mass is 10.1. The van der Waals surface area contributed by atoms with Gasteiger partial charge in [-0.1, -0.05) is 12.1 Å². The summed E-state index contributed by atoms with van der Waals surface area (Å²) in [5.74, 6) is 2.81. The molecular formula is C20H27NO4. The zero-order valence-corrected chi connectivity index (χ0v) is 15.6. The first-order valence-corrected chi connectivity index (χ1v) is 8.37. The number of hydrogen-bond acceptors (Lipinski definition) is 5. The fourth-order valence-electron chi connectivity index (χ4n) is 2.67. The molecule has 0 fully saturated rings. The van der Waals surface area contributed by atoms with Gasteiger partial charge in [0.15, 0.2) is 11.5 Å². The van der Waals surface area contributed by atoms with Gasteiger partial charge >= 0.3 is 0 Å². The van der Waals surface area contributed by atoms with Crippen LogP contribution in [-0.2, 0) is 6.54 Å². The first-order valence-electron chi connectivity index (χ1n) is 8.37. The van der Waals surface area contributed by atoms with Gasteiger partial charge in [-0.05, 0) is 49.2 Å². The Kier molecular flexibility index (Phi) is 6.95. The molecule has 5 nitrogen and oxygen atoms in total. The highest BCUT2D eigenvalue weighted by Crippen LogP contribution is 2.38. The Labute approximate surface area is 149 Å². The van der Waals surface area contributed by atoms with E-state index in [-0.39, 0.29) is 6.04 Å². The summed E-state index contributed by atoms with van der Waals surface area (Å²) in [6, 6.07) is 12.2. The maximum atomic E-state index is 5.57. The second-order valence-electron chi connectivity index (χ2n) is 5.64. The van der Waals surface area contributed by atoms with Crippen molar-refractivity contribution in [3.63, 3.8) is 0 Å². The van der Waals surface area contributed by atoms with Crippen LogP contribution in [0.1, 0.15) is 31.0 Å². The van der Waals surface area contributed by atoms with E-state index >= 15 is 0 Å². The van der Waals surface area contributed by atoms with E-state index in [0.717, 1.165) is 11.3 Å². The second-order valence-corrected chi connectivity index (χ2v) is 5.64. The van der Waals surface area contributed by atoms with E-state index < -0.39 is 0 Å². The van der Waals surface area contributed by atoms with Crippen molar-refractivity contribution in [1.82, 2.24) is 5.32 Å². The molecule has 2 aromatic rings. The van der Waals surface area contributed by atoms with Gasteiger partial charge in [-0.25, -0.2) is 0 Å². The van der Waals surface area contributed by atoms with Crippen molar-refractivity contribution in [2.75, 3.05) is 27.9 Å². The zero-order valence-electron chi connectivity index (χ0n) is 15.6. The summed E-state index contributed by atoms with van der Waals surface area (Å²) in [5, 5.41) is 3.52. The average molecular weight is 345 g/mol. The number of methoxy groups -OCH3 is 3. The SMILES string of the molecule is CCOc1cccc([C@@H](C)NCc2cc(OC)c(OC)c(OC)c2)c1. The van der Waals surface area contributed by atoms with Crippen LogP contribution in [0.2, 0.25) is 0 Å². The van der Waals surface area contributed by atoms with Crippen LogP contribution < -0.4 is 24.3 Å². The summed E-state index contributed by atoms with van der Waals surface area (Å²) < 4.78 is 21.7. The molecule has 0 aliphatic rings. The number of nitrogens with one attached hydrogen (secondary N) is 1. The Morgan fingerprint density at radius 1 is 0.960 bits per heavy atom. The minimum atomic E-state index is 0.180. The predicted molar refractivity (Wildman–Crippen MR) is 99.0 cm³/mol. The van der Waals surface area contributed by atoms with Gasteiger partial charge in [-0.3, -0.25) is 0 Å². The van der Waals surface area contributed by atoms with Gasteiger partial charge < -0.3 is 24.3 Å². The van der Waals surface area contributed by atoms with Crippen LogP contribution in [0.3, 0.4) is 0 Å². The number of benzene rings is 2. The lowest BCUT2D eigenvalue weighted by Crippen LogP contribution is -2.18. The van der Waals surface area contributed by atoms with Crippen LogP contribution in [0, 0.1) is 0 Å². The van der Waals surface area contributed by atoms with Crippen LogP contribution in [-0.4, -0.2) is 27.9 Å². The Balaban J connectivity index is 2.11. The molecule has 0 unspecified atom stereocenters. The minimum absolute atomic E-state index is 0.180. The predicted octanol–water partition coefficient (Wildman–Crippen LogP) is 3.96. The van der Waals surface area contributed by atoms with Gasteiger partial charge in [0, 0.05) is 12.6 Å². The molecule has 0 aliphatic carbocycles. The maximum absolute atomic E-state index is 5.57. The summed E-state index contributed by atoms with van der Waals surface area (Å²) in [6.45, 7) is 5.45. The minimum Gasteiger partial charge on any atom is -0.494 e. The largest absolute Gasteiger partial charge is 0.494 e. The van der Waals surface area contributed by atoms with Crippen molar-refractivity contribution in [2.24, 2.45) is 0 Å². The highest BCUT2D eigenvalue weighted by atomic mass is 16.5. The van der Waals surface area contributed by atoms with Crippen LogP contribution >= 0.6 is 0 Å². The molecule has 0 bridgehead atoms. The molecule has 2 rings (SSSR count). The second kappa shape index (κ2) is 9.18. The van der Waals surface area contributed by atoms with E-state index in [1.54, 1.807) is 21.3 Å². The van der Waals surface area contributed by atoms with Gasteiger partial charge in [0.05, 0.1) is 27.9 Å². The molecule has 0 amide bonds. The number of ether oxygens (including phenoxy) is 4. The van der Waals surface area contributed by atoms with E-state index in [0.29, 0.717) is 30.4 Å². The topological polar surface area (TPSA) is 49.0 Å². The molecular weight excluding hydrogens is 318 g/mol. The van der Waals surface area contributed by atoms with E-state index in [4.69, 9.17) is 18.9 Å². The standard InChI is InChI=1S/C20H27NO4/c1-6-25-17-9-7-8-16(12-17)14(2)21-13-15-10-18(22-3)20(24-5)19(11-15)23-4/h7-12,14,21H,6,13H2,1-5H3/t14-/m1/s1. The summed E-state index contributed by atoms with van der Waals surface area (Å²) >= 11 is 0. The van der Waals surface area contributed by atoms with Crippen molar-refractivity contribution in [1.29, 1.82) is 0 Å². The third-order valence-corrected chi connectivity index (χ3v) is 4.01. The van der Waals surface area contributed by atoms with Crippen molar-refractivity contribution >= 4 is 0 Å². The van der Waals surface area contributed by atoms with Gasteiger partial charge in [0.25, 0.3) is 0 Å². The molecule has 1 atom stereocenters. The highest BCUT2D eigenvalue weighted by molar-refractivity contribution is 5.53. The van der Waals surface area contributed by atoms with Crippen LogP contribution in [0.25, 0.3) is 0 Å². The quantitative estimate of drug-likeness (QED) is 0.745. The van der Waals surface area contributed by atoms with E-state index in [2.05, 4.69) is 24.4 Å². The molecule has 5 heteroatoms. The lowest BCUT2D eigenvalue weighted by molar-refractivity contribution is 0.323. The molecule has 0 aromatic heterocycles. The molecule has 0 saturated heterocycles. The Hall–Kier alpha value is -2.40. The summed E-state index contributed by atoms with van der Waals surface area (Å²) in [6.07, 6.45) is 0. The van der Waals surface area contributed by atoms with E-state index in [1.165, 1.54) is 5.56 Å². The third kappa shape index (κ3) is 4.79. The van der Waals surface area contributed by atoms with Crippen molar-refractivity contribution in [3.8, 4) is 23.0 Å². The van der Waals surface area contributed by atoms with E-state index in [1.807, 2.05) is 31.2 Å². The first kappa shape index (κ1) is 18.9. The van der Waals surface area contributed by atoms with Gasteiger partial charge in [0.1, 0.15) is 5.75 Å². The normalized spacial score (nSPS) is 11.7. The summed E-state index contributed by atoms with van der Waals surface area (Å²) in [7, 11) is 4.85. The fourth-order valence-corrected chi connectivity index (χ4v) is 2.67. The average Bonchev–Trinajstić information content (AvgIpc) is 2.65. The molecule has 0 radical (unpaired) electrons. The Morgan fingerprint density at radius 2 is 1.64 bits per heavy atom. The molecule has 136 valence electrons. The fraction of sp³-hybridized carbons (Fsp3) is 0.400. The summed E-state index contributed by atoms with van der Waals surface area (Å²) in [5.41, 5.74) is 2.24. The van der Waals surface area contributed by atoms with Gasteiger partial charge in [-0.15, -0.1) is 0 Å². The molecule has 0 heterocycles. The van der Waals surface area contributed by atoms with Crippen molar-refractivity contribution in [3.05, 3.63) is 47.5 Å².